The molecule has 0 amide bonds. The van der Waals surface area contributed by atoms with Crippen LogP contribution >= 0.6 is 0 Å². The zero-order valence-corrected chi connectivity index (χ0v) is 14.0. The van der Waals surface area contributed by atoms with Gasteiger partial charge in [0.1, 0.15) is 17.1 Å². The lowest BCUT2D eigenvalue weighted by Crippen LogP contribution is -2.24. The maximum Gasteiger partial charge on any atom is 0.167 e. The maximum absolute atomic E-state index is 5.45. The van der Waals surface area contributed by atoms with E-state index in [0.717, 1.165) is 59.9 Å². The van der Waals surface area contributed by atoms with Crippen LogP contribution in [0.1, 0.15) is 36.2 Å². The summed E-state index contributed by atoms with van der Waals surface area (Å²) in [6.45, 7) is 3.78. The van der Waals surface area contributed by atoms with Crippen LogP contribution in [0, 0.1) is 6.92 Å². The van der Waals surface area contributed by atoms with Crippen molar-refractivity contribution >= 4 is 10.9 Å². The van der Waals surface area contributed by atoms with E-state index >= 15 is 0 Å². The van der Waals surface area contributed by atoms with E-state index in [-0.39, 0.29) is 6.04 Å². The smallest absolute Gasteiger partial charge is 0.167 e. The van der Waals surface area contributed by atoms with E-state index in [4.69, 9.17) is 9.72 Å². The first-order valence-corrected chi connectivity index (χ1v) is 8.30. The first kappa shape index (κ1) is 15.1. The van der Waals surface area contributed by atoms with Gasteiger partial charge in [0.15, 0.2) is 5.82 Å². The summed E-state index contributed by atoms with van der Waals surface area (Å²) < 4.78 is 5.45. The average Bonchev–Trinajstić information content (AvgIpc) is 3.23. The second-order valence-electron chi connectivity index (χ2n) is 6.24. The molecule has 1 saturated heterocycles. The van der Waals surface area contributed by atoms with Crippen LogP contribution in [-0.4, -0.2) is 38.7 Å². The van der Waals surface area contributed by atoms with E-state index in [2.05, 4.69) is 38.3 Å². The molecule has 124 valence electrons. The van der Waals surface area contributed by atoms with Gasteiger partial charge in [0, 0.05) is 11.9 Å². The molecule has 0 aliphatic carbocycles. The SMILES string of the molecule is COc1cccc2ccc(CN3CCC[C@H]3c3n[nH]c(C)n3)nc12. The number of nitrogens with zero attached hydrogens (tertiary/aromatic N) is 4. The number of likely N-dealkylation sites (tertiary alicyclic amines) is 1. The van der Waals surface area contributed by atoms with Gasteiger partial charge in [0.25, 0.3) is 0 Å². The third-order valence-electron chi connectivity index (χ3n) is 4.60. The third-order valence-corrected chi connectivity index (χ3v) is 4.60. The molecule has 6 nitrogen and oxygen atoms in total. The number of rotatable bonds is 4. The van der Waals surface area contributed by atoms with Crippen LogP contribution in [0.15, 0.2) is 30.3 Å². The van der Waals surface area contributed by atoms with Crippen molar-refractivity contribution in [1.29, 1.82) is 0 Å². The Hall–Kier alpha value is -2.47. The van der Waals surface area contributed by atoms with Crippen molar-refractivity contribution in [3.05, 3.63) is 47.7 Å². The number of pyridine rings is 1. The Morgan fingerprint density at radius 2 is 2.17 bits per heavy atom. The first-order chi connectivity index (χ1) is 11.7. The molecule has 0 bridgehead atoms. The van der Waals surface area contributed by atoms with E-state index in [1.807, 2.05) is 19.1 Å². The summed E-state index contributed by atoms with van der Waals surface area (Å²) in [7, 11) is 1.69. The zero-order valence-electron chi connectivity index (χ0n) is 14.0. The molecule has 1 N–H and O–H groups in total. The highest BCUT2D eigenvalue weighted by atomic mass is 16.5. The number of benzene rings is 1. The van der Waals surface area contributed by atoms with Crippen molar-refractivity contribution in [3.63, 3.8) is 0 Å². The number of aryl methyl sites for hydroxylation is 1. The Kier molecular flexibility index (Phi) is 3.90. The van der Waals surface area contributed by atoms with Crippen LogP contribution in [0.5, 0.6) is 5.75 Å². The summed E-state index contributed by atoms with van der Waals surface area (Å²) in [5, 5.41) is 8.40. The Morgan fingerprint density at radius 1 is 1.25 bits per heavy atom. The molecule has 3 heterocycles. The van der Waals surface area contributed by atoms with Gasteiger partial charge in [0.2, 0.25) is 0 Å². The molecule has 0 radical (unpaired) electrons. The summed E-state index contributed by atoms with van der Waals surface area (Å²) >= 11 is 0. The van der Waals surface area contributed by atoms with Crippen LogP contribution in [-0.2, 0) is 6.54 Å². The molecule has 2 aromatic heterocycles. The largest absolute Gasteiger partial charge is 0.494 e. The Balaban J connectivity index is 1.61. The fourth-order valence-corrected chi connectivity index (χ4v) is 3.44. The molecular formula is C18H21N5O. The van der Waals surface area contributed by atoms with Gasteiger partial charge in [0.05, 0.1) is 18.8 Å². The van der Waals surface area contributed by atoms with E-state index < -0.39 is 0 Å². The van der Waals surface area contributed by atoms with Crippen molar-refractivity contribution in [2.24, 2.45) is 0 Å². The van der Waals surface area contributed by atoms with Gasteiger partial charge in [-0.25, -0.2) is 9.97 Å². The number of methoxy groups -OCH3 is 1. The second kappa shape index (κ2) is 6.20. The van der Waals surface area contributed by atoms with Gasteiger partial charge in [-0.1, -0.05) is 18.2 Å². The van der Waals surface area contributed by atoms with Crippen LogP contribution < -0.4 is 4.74 Å². The molecule has 1 aliphatic rings. The highest BCUT2D eigenvalue weighted by molar-refractivity contribution is 5.84. The topological polar surface area (TPSA) is 66.9 Å². The highest BCUT2D eigenvalue weighted by Gasteiger charge is 2.29. The number of aromatic amines is 1. The summed E-state index contributed by atoms with van der Waals surface area (Å²) in [6.07, 6.45) is 2.25. The molecule has 3 aromatic rings. The normalized spacial score (nSPS) is 18.3. The average molecular weight is 323 g/mol. The summed E-state index contributed by atoms with van der Waals surface area (Å²) in [6, 6.07) is 10.5. The zero-order chi connectivity index (χ0) is 16.5. The van der Waals surface area contributed by atoms with Crippen molar-refractivity contribution in [2.45, 2.75) is 32.4 Å². The van der Waals surface area contributed by atoms with E-state index in [9.17, 15) is 0 Å². The minimum absolute atomic E-state index is 0.269. The molecule has 1 fully saturated rings. The van der Waals surface area contributed by atoms with Crippen molar-refractivity contribution in [3.8, 4) is 5.75 Å². The lowest BCUT2D eigenvalue weighted by Gasteiger charge is -2.21. The number of aromatic nitrogens is 4. The Labute approximate surface area is 140 Å². The highest BCUT2D eigenvalue weighted by Crippen LogP contribution is 2.31. The predicted molar refractivity (Wildman–Crippen MR) is 91.8 cm³/mol. The molecule has 0 spiro atoms. The summed E-state index contributed by atoms with van der Waals surface area (Å²) in [5.41, 5.74) is 1.97. The van der Waals surface area contributed by atoms with Crippen LogP contribution in [0.25, 0.3) is 10.9 Å². The van der Waals surface area contributed by atoms with E-state index in [1.165, 1.54) is 0 Å². The molecule has 1 atom stereocenters. The van der Waals surface area contributed by atoms with Crippen molar-refractivity contribution in [1.82, 2.24) is 25.1 Å². The van der Waals surface area contributed by atoms with Gasteiger partial charge in [-0.3, -0.25) is 10.00 Å². The lowest BCUT2D eigenvalue weighted by atomic mass is 10.1. The number of H-pyrrole nitrogens is 1. The van der Waals surface area contributed by atoms with Gasteiger partial charge in [-0.2, -0.15) is 5.10 Å². The van der Waals surface area contributed by atoms with Gasteiger partial charge < -0.3 is 4.74 Å². The van der Waals surface area contributed by atoms with E-state index in [0.29, 0.717) is 0 Å². The quantitative estimate of drug-likeness (QED) is 0.799. The second-order valence-corrected chi connectivity index (χ2v) is 6.24. The lowest BCUT2D eigenvalue weighted by molar-refractivity contribution is 0.237. The van der Waals surface area contributed by atoms with Crippen molar-refractivity contribution < 1.29 is 4.74 Å². The minimum atomic E-state index is 0.269. The fraction of sp³-hybridized carbons (Fsp3) is 0.389. The minimum Gasteiger partial charge on any atom is -0.494 e. The van der Waals surface area contributed by atoms with Crippen LogP contribution in [0.2, 0.25) is 0 Å². The standard InChI is InChI=1S/C18H21N5O/c1-12-19-18(22-21-12)15-6-4-10-23(15)11-14-9-8-13-5-3-7-16(24-2)17(13)20-14/h3,5,7-9,15H,4,6,10-11H2,1-2H3,(H,19,21,22)/t15-/m0/s1. The molecule has 6 heteroatoms. The number of nitrogens with one attached hydrogen (secondary N) is 1. The number of para-hydroxylation sites is 1. The molecule has 1 aromatic carbocycles. The Morgan fingerprint density at radius 3 is 2.96 bits per heavy atom. The van der Waals surface area contributed by atoms with Crippen LogP contribution in [0.3, 0.4) is 0 Å². The number of hydrogen-bond acceptors (Lipinski definition) is 5. The monoisotopic (exact) mass is 323 g/mol. The van der Waals surface area contributed by atoms with Gasteiger partial charge in [-0.15, -0.1) is 0 Å². The molecular weight excluding hydrogens is 302 g/mol. The molecule has 1 aliphatic heterocycles. The first-order valence-electron chi connectivity index (χ1n) is 8.30. The third kappa shape index (κ3) is 2.73. The maximum atomic E-state index is 5.45. The molecule has 0 saturated carbocycles. The number of hydrogen-bond donors (Lipinski definition) is 1. The molecule has 24 heavy (non-hydrogen) atoms. The van der Waals surface area contributed by atoms with Crippen LogP contribution in [0.4, 0.5) is 0 Å². The predicted octanol–water partition coefficient (Wildman–Crippen LogP) is 3.01. The Bertz CT molecular complexity index is 859. The van der Waals surface area contributed by atoms with Gasteiger partial charge >= 0.3 is 0 Å². The molecule has 0 unspecified atom stereocenters. The van der Waals surface area contributed by atoms with Crippen molar-refractivity contribution in [2.75, 3.05) is 13.7 Å². The number of ether oxygens (including phenoxy) is 1. The summed E-state index contributed by atoms with van der Waals surface area (Å²) in [5.74, 6) is 2.57. The molecule has 4 rings (SSSR count). The summed E-state index contributed by atoms with van der Waals surface area (Å²) in [4.78, 5) is 11.7. The fourth-order valence-electron chi connectivity index (χ4n) is 3.44. The van der Waals surface area contributed by atoms with E-state index in [1.54, 1.807) is 7.11 Å². The van der Waals surface area contributed by atoms with Gasteiger partial charge in [-0.05, 0) is 38.4 Å². The number of fused-ring (bicyclic) bond motifs is 1.